The molecule has 12 rings (SSSR count). The van der Waals surface area contributed by atoms with E-state index >= 15 is 0 Å². The molecule has 2 aliphatic heterocycles. The standard InChI is InChI=1S/2C25H28N4O3.C15H17NO2.C12H15NO.CH4.ClH/c2*1-5-18-19-8-6-7-9-20(19)32-21(18)15-29(4)22(30)11-10-16-12-17-14-27-25(2,3)24(31)28-23(17)26-13-16;1-4-11-12-8-6-7-9-13(12)18-14(11)10-16(3)15(17)5-2;1-3-9-10-6-4-5-7-11(10)14-12(9)8-13-2;;/h2*6-13,27H,5,14-15H2,1-4H3,(H,26,28,31);5-9H,2,4,10H2,1,3H3;4-7,13H,3,8H2,1-2H3;1H4;1H/b2*11-10+;;;;. The molecule has 2 aliphatic rings. The average Bonchev–Trinajstić information content (AvgIpc) is 1.57. The van der Waals surface area contributed by atoms with Crippen molar-refractivity contribution in [2.45, 2.75) is 139 Å². The molecule has 8 heterocycles. The van der Waals surface area contributed by atoms with Crippen LogP contribution in [0, 0.1) is 0 Å². The number of nitrogens with one attached hydrogen (secondary N) is 5. The summed E-state index contributed by atoms with van der Waals surface area (Å²) >= 11 is 0. The van der Waals surface area contributed by atoms with Crippen LogP contribution in [0.3, 0.4) is 0 Å². The Morgan fingerprint density at radius 1 is 0.520 bits per heavy atom. The molecule has 0 saturated carbocycles. The molecule has 5 amide bonds. The van der Waals surface area contributed by atoms with Crippen LogP contribution >= 0.6 is 12.4 Å². The highest BCUT2D eigenvalue weighted by Gasteiger charge is 2.32. The lowest BCUT2D eigenvalue weighted by Crippen LogP contribution is -2.47. The number of aryl methyl sites for hydroxylation is 4. The Hall–Kier alpha value is -9.92. The summed E-state index contributed by atoms with van der Waals surface area (Å²) in [6.07, 6.45) is 14.7. The lowest BCUT2D eigenvalue weighted by atomic mass is 10.1. The van der Waals surface area contributed by atoms with Crippen molar-refractivity contribution in [2.24, 2.45) is 0 Å². The summed E-state index contributed by atoms with van der Waals surface area (Å²) in [6.45, 7) is 22.3. The lowest BCUT2D eigenvalue weighted by Gasteiger charge is -2.21. The molecular formula is C78H93ClN10O9. The highest BCUT2D eigenvalue weighted by atomic mass is 35.5. The number of aromatic nitrogens is 2. The first kappa shape index (κ1) is 75.5. The second-order valence-corrected chi connectivity index (χ2v) is 24.8. The fourth-order valence-corrected chi connectivity index (χ4v) is 11.5. The van der Waals surface area contributed by atoms with Gasteiger partial charge in [-0.25, -0.2) is 9.97 Å². The maximum absolute atomic E-state index is 12.7. The van der Waals surface area contributed by atoms with Crippen molar-refractivity contribution >= 4 is 110 Å². The van der Waals surface area contributed by atoms with E-state index < -0.39 is 11.1 Å². The van der Waals surface area contributed by atoms with Crippen LogP contribution in [0.15, 0.2) is 164 Å². The Morgan fingerprint density at radius 3 is 1.14 bits per heavy atom. The van der Waals surface area contributed by atoms with E-state index in [1.165, 1.54) is 34.7 Å². The highest BCUT2D eigenvalue weighted by molar-refractivity contribution is 5.99. The number of anilines is 2. The summed E-state index contributed by atoms with van der Waals surface area (Å²) in [5.74, 6) is 4.04. The largest absolute Gasteiger partial charge is 0.459 e. The van der Waals surface area contributed by atoms with Gasteiger partial charge in [-0.2, -0.15) is 0 Å². The maximum atomic E-state index is 12.7. The minimum absolute atomic E-state index is 0. The predicted octanol–water partition coefficient (Wildman–Crippen LogP) is 14.7. The number of carbonyl (C=O) groups is 5. The fraction of sp³-hybridized carbons (Fsp3) is 0.321. The quantitative estimate of drug-likeness (QED) is 0.0534. The summed E-state index contributed by atoms with van der Waals surface area (Å²) in [4.78, 5) is 75.0. The average molecular weight is 1350 g/mol. The molecule has 0 unspecified atom stereocenters. The Labute approximate surface area is 580 Å². The number of carbonyl (C=O) groups excluding carboxylic acids is 5. The first-order valence-corrected chi connectivity index (χ1v) is 32.6. The third-order valence-corrected chi connectivity index (χ3v) is 17.2. The first-order chi connectivity index (χ1) is 46.1. The Balaban J connectivity index is 0.000000192. The number of amides is 5. The van der Waals surface area contributed by atoms with Crippen LogP contribution in [0.2, 0.25) is 0 Å². The van der Waals surface area contributed by atoms with Crippen molar-refractivity contribution in [3.05, 3.63) is 214 Å². The molecule has 0 atom stereocenters. The van der Waals surface area contributed by atoms with Gasteiger partial charge >= 0.3 is 0 Å². The molecule has 0 spiro atoms. The third-order valence-electron chi connectivity index (χ3n) is 17.2. The molecule has 4 aromatic carbocycles. The van der Waals surface area contributed by atoms with E-state index in [1.54, 1.807) is 60.4 Å². The molecule has 6 aromatic heterocycles. The molecule has 0 radical (unpaired) electrons. The summed E-state index contributed by atoms with van der Waals surface area (Å²) in [7, 11) is 7.20. The summed E-state index contributed by atoms with van der Waals surface area (Å²) in [5.41, 5.74) is 10.3. The summed E-state index contributed by atoms with van der Waals surface area (Å²) in [5, 5.41) is 19.9. The third kappa shape index (κ3) is 17.8. The van der Waals surface area contributed by atoms with Crippen molar-refractivity contribution < 1.29 is 41.6 Å². The van der Waals surface area contributed by atoms with Gasteiger partial charge in [0, 0.05) is 114 Å². The minimum atomic E-state index is -0.677. The molecule has 19 nitrogen and oxygen atoms in total. The van der Waals surface area contributed by atoms with Crippen molar-refractivity contribution in [1.82, 2.24) is 40.6 Å². The van der Waals surface area contributed by atoms with Gasteiger partial charge in [-0.3, -0.25) is 34.6 Å². The van der Waals surface area contributed by atoms with E-state index in [1.807, 2.05) is 126 Å². The normalized spacial score (nSPS) is 13.6. The van der Waals surface area contributed by atoms with E-state index in [2.05, 4.69) is 89.0 Å². The number of likely N-dealkylation sites (N-methyl/N-ethyl adjacent to an activating group) is 3. The van der Waals surface area contributed by atoms with Gasteiger partial charge in [0.25, 0.3) is 0 Å². The van der Waals surface area contributed by atoms with Gasteiger partial charge in [-0.15, -0.1) is 12.4 Å². The zero-order chi connectivity index (χ0) is 68.8. The number of pyridine rings is 2. The number of hydrogen-bond donors (Lipinski definition) is 5. The summed E-state index contributed by atoms with van der Waals surface area (Å²) in [6, 6.07) is 35.9. The number of nitrogens with zero attached hydrogens (tertiary/aromatic N) is 5. The number of benzene rings is 4. The summed E-state index contributed by atoms with van der Waals surface area (Å²) < 4.78 is 23.6. The van der Waals surface area contributed by atoms with Gasteiger partial charge < -0.3 is 48.3 Å². The van der Waals surface area contributed by atoms with E-state index in [0.29, 0.717) is 44.4 Å². The monoisotopic (exact) mass is 1350 g/mol. The van der Waals surface area contributed by atoms with Crippen molar-refractivity contribution in [2.75, 3.05) is 38.8 Å². The van der Waals surface area contributed by atoms with Gasteiger partial charge in [0.1, 0.15) is 57.0 Å². The number of rotatable bonds is 17. The molecule has 20 heteroatoms. The second-order valence-electron chi connectivity index (χ2n) is 24.8. The van der Waals surface area contributed by atoms with Crippen molar-refractivity contribution in [1.29, 1.82) is 0 Å². The van der Waals surface area contributed by atoms with Crippen LogP contribution in [0.1, 0.15) is 130 Å². The van der Waals surface area contributed by atoms with Crippen molar-refractivity contribution in [3.8, 4) is 0 Å². The smallest absolute Gasteiger partial charge is 0.246 e. The molecule has 0 bridgehead atoms. The van der Waals surface area contributed by atoms with E-state index in [9.17, 15) is 24.0 Å². The molecule has 5 N–H and O–H groups in total. The molecule has 0 saturated heterocycles. The lowest BCUT2D eigenvalue weighted by molar-refractivity contribution is -0.126. The van der Waals surface area contributed by atoms with Gasteiger partial charge in [-0.05, 0) is 126 Å². The SMILES string of the molecule is C.C=CC(=O)N(C)Cc1oc2ccccc2c1CC.CCc1c(CN(C)C(=O)/C=C/c2cnc3c(c2)CNC(C)(C)C(=O)N3)oc2ccccc12.CCc1c(CN(C)C(=O)/C=C/c2cnc3c(c2)CNC(C)(C)C(=O)N3)oc2ccccc12.CCc1c(CNC)oc2ccccc12.Cl. The highest BCUT2D eigenvalue weighted by Crippen LogP contribution is 2.32. The number of para-hydroxylation sites is 4. The molecular weight excluding hydrogens is 1260 g/mol. The number of hydrogen-bond acceptors (Lipinski definition) is 14. The first-order valence-electron chi connectivity index (χ1n) is 32.6. The minimum Gasteiger partial charge on any atom is -0.459 e. The van der Waals surface area contributed by atoms with Crippen LogP contribution < -0.4 is 26.6 Å². The van der Waals surface area contributed by atoms with Crippen molar-refractivity contribution in [3.63, 3.8) is 0 Å². The van der Waals surface area contributed by atoms with Gasteiger partial charge in [0.15, 0.2) is 0 Å². The van der Waals surface area contributed by atoms with Gasteiger partial charge in [0.2, 0.25) is 29.5 Å². The maximum Gasteiger partial charge on any atom is 0.246 e. The molecule has 98 heavy (non-hydrogen) atoms. The van der Waals surface area contributed by atoms with Crippen LogP contribution in [0.25, 0.3) is 56.0 Å². The Bertz CT molecular complexity index is 4340. The topological polar surface area (TPSA) is 234 Å². The van der Waals surface area contributed by atoms with E-state index in [-0.39, 0.29) is 49.4 Å². The van der Waals surface area contributed by atoms with Crippen LogP contribution in [0.4, 0.5) is 11.6 Å². The molecule has 0 aliphatic carbocycles. The predicted molar refractivity (Wildman–Crippen MR) is 394 cm³/mol. The Kier molecular flexibility index (Phi) is 26.1. The molecule has 0 fully saturated rings. The number of fused-ring (bicyclic) bond motifs is 6. The Morgan fingerprint density at radius 2 is 0.827 bits per heavy atom. The number of halogens is 1. The van der Waals surface area contributed by atoms with Crippen LogP contribution in [-0.2, 0) is 88.9 Å². The van der Waals surface area contributed by atoms with Gasteiger partial charge in [0.05, 0.1) is 37.3 Å². The van der Waals surface area contributed by atoms with Gasteiger partial charge in [-0.1, -0.05) is 114 Å². The number of furan rings is 4. The second kappa shape index (κ2) is 33.8. The van der Waals surface area contributed by atoms with E-state index in [4.69, 9.17) is 17.7 Å². The van der Waals surface area contributed by atoms with Crippen LogP contribution in [0.5, 0.6) is 0 Å². The molecule has 516 valence electrons. The zero-order valence-corrected chi connectivity index (χ0v) is 58.3. The zero-order valence-electron chi connectivity index (χ0n) is 57.5. The molecule has 10 aromatic rings. The van der Waals surface area contributed by atoms with E-state index in [0.717, 1.165) is 127 Å². The van der Waals surface area contributed by atoms with Crippen LogP contribution in [-0.4, -0.2) is 93.5 Å². The fourth-order valence-electron chi connectivity index (χ4n) is 11.5.